The Kier molecular flexibility index (Phi) is 5.98. The SMILES string of the molecule is CC(C)C(=O)c1cn(CC(=O)N[C@H](C)c2ccc3c(c2)OCCCO3)c2ccccc12. The van der Waals surface area contributed by atoms with E-state index in [1.807, 2.05) is 67.8 Å². The van der Waals surface area contributed by atoms with E-state index in [1.165, 1.54) is 0 Å². The van der Waals surface area contributed by atoms with E-state index in [2.05, 4.69) is 5.32 Å². The molecule has 0 saturated carbocycles. The van der Waals surface area contributed by atoms with Crippen LogP contribution in [0.3, 0.4) is 0 Å². The number of hydrogen-bond donors (Lipinski definition) is 1. The lowest BCUT2D eigenvalue weighted by atomic mass is 10.0. The smallest absolute Gasteiger partial charge is 0.240 e. The minimum atomic E-state index is -0.191. The first-order valence-electron chi connectivity index (χ1n) is 10.7. The van der Waals surface area contributed by atoms with Gasteiger partial charge in [-0.15, -0.1) is 0 Å². The molecule has 6 heteroatoms. The number of aromatic nitrogens is 1. The summed E-state index contributed by atoms with van der Waals surface area (Å²) in [5.41, 5.74) is 2.49. The van der Waals surface area contributed by atoms with Gasteiger partial charge in [0.2, 0.25) is 5.91 Å². The second-order valence-corrected chi connectivity index (χ2v) is 8.25. The number of carbonyl (C=O) groups excluding carboxylic acids is 2. The van der Waals surface area contributed by atoms with Crippen molar-refractivity contribution in [1.29, 1.82) is 0 Å². The molecule has 6 nitrogen and oxygen atoms in total. The lowest BCUT2D eigenvalue weighted by Gasteiger charge is -2.17. The summed E-state index contributed by atoms with van der Waals surface area (Å²) in [6, 6.07) is 13.3. The average Bonchev–Trinajstić information content (AvgIpc) is 2.94. The summed E-state index contributed by atoms with van der Waals surface area (Å²) in [7, 11) is 0. The van der Waals surface area contributed by atoms with E-state index < -0.39 is 0 Å². The van der Waals surface area contributed by atoms with E-state index in [1.54, 1.807) is 6.20 Å². The predicted octanol–water partition coefficient (Wildman–Crippen LogP) is 4.52. The topological polar surface area (TPSA) is 69.6 Å². The Morgan fingerprint density at radius 1 is 1.03 bits per heavy atom. The molecule has 1 aliphatic heterocycles. The second kappa shape index (κ2) is 8.84. The molecule has 162 valence electrons. The first-order valence-corrected chi connectivity index (χ1v) is 10.7. The molecule has 0 spiro atoms. The molecular formula is C25H28N2O4. The highest BCUT2D eigenvalue weighted by molar-refractivity contribution is 6.09. The third kappa shape index (κ3) is 4.43. The van der Waals surface area contributed by atoms with E-state index >= 15 is 0 Å². The number of benzene rings is 2. The maximum absolute atomic E-state index is 12.8. The molecule has 1 aromatic heterocycles. The molecule has 4 rings (SSSR count). The van der Waals surface area contributed by atoms with Crippen molar-refractivity contribution in [2.45, 2.75) is 39.8 Å². The van der Waals surface area contributed by atoms with Crippen molar-refractivity contribution < 1.29 is 19.1 Å². The molecule has 0 aliphatic carbocycles. The number of rotatable bonds is 6. The molecule has 3 aromatic rings. The van der Waals surface area contributed by atoms with Gasteiger partial charge in [0.25, 0.3) is 0 Å². The molecular weight excluding hydrogens is 392 g/mol. The van der Waals surface area contributed by atoms with Gasteiger partial charge in [-0.3, -0.25) is 9.59 Å². The molecule has 2 heterocycles. The van der Waals surface area contributed by atoms with Crippen molar-refractivity contribution in [3.63, 3.8) is 0 Å². The number of para-hydroxylation sites is 1. The summed E-state index contributed by atoms with van der Waals surface area (Å²) in [5.74, 6) is 1.30. The van der Waals surface area contributed by atoms with Crippen molar-refractivity contribution in [3.8, 4) is 11.5 Å². The Morgan fingerprint density at radius 3 is 2.55 bits per heavy atom. The number of nitrogens with one attached hydrogen (secondary N) is 1. The normalized spacial score (nSPS) is 14.3. The highest BCUT2D eigenvalue weighted by atomic mass is 16.5. The highest BCUT2D eigenvalue weighted by Gasteiger charge is 2.20. The number of nitrogens with zero attached hydrogens (tertiary/aromatic N) is 1. The van der Waals surface area contributed by atoms with Gasteiger partial charge in [0.1, 0.15) is 6.54 Å². The highest BCUT2D eigenvalue weighted by Crippen LogP contribution is 2.32. The molecule has 2 aromatic carbocycles. The Balaban J connectivity index is 1.51. The van der Waals surface area contributed by atoms with Crippen LogP contribution in [0.15, 0.2) is 48.7 Å². The van der Waals surface area contributed by atoms with Crippen molar-refractivity contribution in [1.82, 2.24) is 9.88 Å². The van der Waals surface area contributed by atoms with Gasteiger partial charge < -0.3 is 19.4 Å². The van der Waals surface area contributed by atoms with Gasteiger partial charge in [-0.2, -0.15) is 0 Å². The van der Waals surface area contributed by atoms with Gasteiger partial charge in [-0.25, -0.2) is 0 Å². The van der Waals surface area contributed by atoms with Crippen LogP contribution in [0.1, 0.15) is 49.2 Å². The second-order valence-electron chi connectivity index (χ2n) is 8.25. The monoisotopic (exact) mass is 420 g/mol. The number of carbonyl (C=O) groups is 2. The van der Waals surface area contributed by atoms with E-state index in [0.29, 0.717) is 24.5 Å². The van der Waals surface area contributed by atoms with Crippen LogP contribution >= 0.6 is 0 Å². The number of hydrogen-bond acceptors (Lipinski definition) is 4. The summed E-state index contributed by atoms with van der Waals surface area (Å²) in [6.07, 6.45) is 2.65. The van der Waals surface area contributed by atoms with Crippen molar-refractivity contribution in [2.75, 3.05) is 13.2 Å². The lowest BCUT2D eigenvalue weighted by molar-refractivity contribution is -0.122. The average molecular weight is 421 g/mol. The number of Topliss-reactive ketones (excluding diaryl/α,β-unsaturated/α-hetero) is 1. The van der Waals surface area contributed by atoms with Crippen molar-refractivity contribution >= 4 is 22.6 Å². The third-order valence-corrected chi connectivity index (χ3v) is 5.54. The molecule has 0 unspecified atom stereocenters. The number of ketones is 1. The summed E-state index contributed by atoms with van der Waals surface area (Å²) in [5, 5.41) is 3.93. The van der Waals surface area contributed by atoms with Crippen LogP contribution in [0.4, 0.5) is 0 Å². The van der Waals surface area contributed by atoms with E-state index in [9.17, 15) is 9.59 Å². The fourth-order valence-electron chi connectivity index (χ4n) is 3.86. The van der Waals surface area contributed by atoms with Crippen LogP contribution < -0.4 is 14.8 Å². The molecule has 0 bridgehead atoms. The van der Waals surface area contributed by atoms with Crippen LogP contribution in [0, 0.1) is 5.92 Å². The predicted molar refractivity (Wildman–Crippen MR) is 120 cm³/mol. The van der Waals surface area contributed by atoms with Gasteiger partial charge in [0, 0.05) is 35.0 Å². The standard InChI is InChI=1S/C25H28N2O4/c1-16(2)25(29)20-14-27(21-8-5-4-7-19(20)21)15-24(28)26-17(3)18-9-10-22-23(13-18)31-12-6-11-30-22/h4-5,7-10,13-14,16-17H,6,11-12,15H2,1-3H3,(H,26,28)/t17-/m1/s1. The number of ether oxygens (including phenoxy) is 2. The van der Waals surface area contributed by atoms with Gasteiger partial charge in [0.05, 0.1) is 19.3 Å². The summed E-state index contributed by atoms with van der Waals surface area (Å²) in [4.78, 5) is 25.5. The number of amides is 1. The van der Waals surface area contributed by atoms with E-state index in [-0.39, 0.29) is 30.2 Å². The summed E-state index contributed by atoms with van der Waals surface area (Å²) >= 11 is 0. The van der Waals surface area contributed by atoms with E-state index in [0.717, 1.165) is 28.6 Å². The van der Waals surface area contributed by atoms with Crippen LogP contribution in [0.5, 0.6) is 11.5 Å². The minimum absolute atomic E-state index is 0.0796. The van der Waals surface area contributed by atoms with Crippen LogP contribution in [-0.2, 0) is 11.3 Å². The first kappa shape index (κ1) is 21.0. The Labute approximate surface area is 182 Å². The zero-order valence-electron chi connectivity index (χ0n) is 18.2. The molecule has 1 atom stereocenters. The Morgan fingerprint density at radius 2 is 1.77 bits per heavy atom. The Hall–Kier alpha value is -3.28. The van der Waals surface area contributed by atoms with E-state index in [4.69, 9.17) is 9.47 Å². The molecule has 0 fully saturated rings. The van der Waals surface area contributed by atoms with Gasteiger partial charge in [0.15, 0.2) is 17.3 Å². The van der Waals surface area contributed by atoms with Gasteiger partial charge >= 0.3 is 0 Å². The minimum Gasteiger partial charge on any atom is -0.490 e. The molecule has 1 amide bonds. The summed E-state index contributed by atoms with van der Waals surface area (Å²) < 4.78 is 13.3. The maximum atomic E-state index is 12.8. The van der Waals surface area contributed by atoms with Crippen molar-refractivity contribution in [3.05, 3.63) is 59.8 Å². The zero-order chi connectivity index (χ0) is 22.0. The maximum Gasteiger partial charge on any atom is 0.240 e. The van der Waals surface area contributed by atoms with Gasteiger partial charge in [-0.1, -0.05) is 38.1 Å². The lowest BCUT2D eigenvalue weighted by Crippen LogP contribution is -2.30. The fourth-order valence-corrected chi connectivity index (χ4v) is 3.86. The Bertz CT molecular complexity index is 1120. The van der Waals surface area contributed by atoms with Crippen molar-refractivity contribution in [2.24, 2.45) is 5.92 Å². The van der Waals surface area contributed by atoms with Crippen LogP contribution in [-0.4, -0.2) is 29.5 Å². The fraction of sp³-hybridized carbons (Fsp3) is 0.360. The third-order valence-electron chi connectivity index (χ3n) is 5.54. The molecule has 1 N–H and O–H groups in total. The van der Waals surface area contributed by atoms with Crippen LogP contribution in [0.2, 0.25) is 0 Å². The zero-order valence-corrected chi connectivity index (χ0v) is 18.2. The molecule has 1 aliphatic rings. The number of fused-ring (bicyclic) bond motifs is 2. The molecule has 0 saturated heterocycles. The first-order chi connectivity index (χ1) is 14.9. The van der Waals surface area contributed by atoms with Crippen LogP contribution in [0.25, 0.3) is 10.9 Å². The summed E-state index contributed by atoms with van der Waals surface area (Å²) in [6.45, 7) is 7.12. The van der Waals surface area contributed by atoms with Gasteiger partial charge in [-0.05, 0) is 30.7 Å². The molecule has 31 heavy (non-hydrogen) atoms. The quantitative estimate of drug-likeness (QED) is 0.596. The largest absolute Gasteiger partial charge is 0.490 e. The molecule has 0 radical (unpaired) electrons.